The van der Waals surface area contributed by atoms with Crippen molar-refractivity contribution in [2.24, 2.45) is 5.92 Å². The van der Waals surface area contributed by atoms with Gasteiger partial charge in [-0.1, -0.05) is 46.0 Å². The van der Waals surface area contributed by atoms with Crippen molar-refractivity contribution in [3.05, 3.63) is 0 Å². The van der Waals surface area contributed by atoms with Crippen molar-refractivity contribution in [2.45, 2.75) is 58.8 Å². The van der Waals surface area contributed by atoms with Crippen LogP contribution in [0.4, 0.5) is 0 Å². The average molecular weight is 203 g/mol. The fourth-order valence-corrected chi connectivity index (χ4v) is 1.55. The molecule has 0 bridgehead atoms. The summed E-state index contributed by atoms with van der Waals surface area (Å²) >= 11 is 0. The van der Waals surface area contributed by atoms with Crippen molar-refractivity contribution in [3.8, 4) is 0 Å². The van der Waals surface area contributed by atoms with E-state index in [0.717, 1.165) is 32.1 Å². The lowest BCUT2D eigenvalue weighted by molar-refractivity contribution is -0.312. The van der Waals surface area contributed by atoms with Crippen molar-refractivity contribution in [1.29, 1.82) is 0 Å². The van der Waals surface area contributed by atoms with Crippen LogP contribution in [0.1, 0.15) is 58.8 Å². The van der Waals surface area contributed by atoms with Crippen LogP contribution in [0.2, 0.25) is 0 Å². The number of rotatable bonds is 8. The number of hydrogen-bond acceptors (Lipinski definition) is 2. The summed E-state index contributed by atoms with van der Waals surface area (Å²) in [5.41, 5.74) is 0. The number of carboxylic acid groups (broad SMARTS) is 1. The van der Waals surface area contributed by atoms with Gasteiger partial charge >= 0.3 is 0 Å². The van der Waals surface area contributed by atoms with Crippen molar-refractivity contribution in [1.82, 2.24) is 6.15 Å². The maximum Gasteiger partial charge on any atom is 0.0445 e. The minimum absolute atomic E-state index is 0. The maximum atomic E-state index is 10.6. The van der Waals surface area contributed by atoms with Crippen molar-refractivity contribution in [3.63, 3.8) is 0 Å². The highest BCUT2D eigenvalue weighted by molar-refractivity contribution is 5.67. The third-order valence-corrected chi connectivity index (χ3v) is 2.38. The number of aliphatic carboxylic acids is 1. The van der Waals surface area contributed by atoms with Gasteiger partial charge in [-0.2, -0.15) is 0 Å². The maximum absolute atomic E-state index is 10.6. The van der Waals surface area contributed by atoms with E-state index in [1.807, 2.05) is 6.92 Å². The number of unbranched alkanes of at least 4 members (excludes halogenated alkanes) is 3. The molecule has 1 atom stereocenters. The smallest absolute Gasteiger partial charge is 0.0445 e. The van der Waals surface area contributed by atoms with E-state index in [-0.39, 0.29) is 12.1 Å². The van der Waals surface area contributed by atoms with Crippen LogP contribution in [0.3, 0.4) is 0 Å². The summed E-state index contributed by atoms with van der Waals surface area (Å²) in [4.78, 5) is 10.6. The van der Waals surface area contributed by atoms with E-state index in [1.165, 1.54) is 12.8 Å². The zero-order valence-corrected chi connectivity index (χ0v) is 9.84. The molecule has 0 aromatic heterocycles. The van der Waals surface area contributed by atoms with Crippen molar-refractivity contribution < 1.29 is 9.90 Å². The van der Waals surface area contributed by atoms with Gasteiger partial charge in [0.1, 0.15) is 0 Å². The first kappa shape index (κ1) is 15.9. The molecule has 3 nitrogen and oxygen atoms in total. The van der Waals surface area contributed by atoms with Crippen LogP contribution >= 0.6 is 0 Å². The predicted octanol–water partition coefficient (Wildman–Crippen LogP) is 2.50. The number of carbonyl (C=O) groups is 1. The van der Waals surface area contributed by atoms with Gasteiger partial charge in [0.15, 0.2) is 0 Å². The van der Waals surface area contributed by atoms with E-state index in [4.69, 9.17) is 0 Å². The van der Waals surface area contributed by atoms with Crippen LogP contribution in [-0.4, -0.2) is 5.97 Å². The van der Waals surface area contributed by atoms with Crippen LogP contribution in [-0.2, 0) is 4.79 Å². The first-order chi connectivity index (χ1) is 6.22. The average Bonchev–Trinajstić information content (AvgIpc) is 2.10. The highest BCUT2D eigenvalue weighted by Crippen LogP contribution is 2.15. The number of carbonyl (C=O) groups excluding carboxylic acids is 1. The zero-order chi connectivity index (χ0) is 10.1. The number of quaternary nitrogens is 1. The standard InChI is InChI=1S/C11H22O2.H3N/c1-3-5-6-7-9-10(8-4-2)11(12)13;/h10H,3-9H2,1-2H3,(H,12,13);1H3. The van der Waals surface area contributed by atoms with E-state index in [1.54, 1.807) is 0 Å². The fourth-order valence-electron chi connectivity index (χ4n) is 1.55. The molecule has 86 valence electrons. The molecular formula is C11H25NO2. The van der Waals surface area contributed by atoms with Gasteiger partial charge in [-0.15, -0.1) is 0 Å². The van der Waals surface area contributed by atoms with Gasteiger partial charge in [0, 0.05) is 5.97 Å². The molecule has 0 aromatic carbocycles. The zero-order valence-electron chi connectivity index (χ0n) is 9.84. The highest BCUT2D eigenvalue weighted by atomic mass is 16.4. The lowest BCUT2D eigenvalue weighted by Crippen LogP contribution is -2.31. The molecule has 14 heavy (non-hydrogen) atoms. The van der Waals surface area contributed by atoms with Gasteiger partial charge in [0.2, 0.25) is 0 Å². The quantitative estimate of drug-likeness (QED) is 0.615. The molecule has 0 rings (SSSR count). The van der Waals surface area contributed by atoms with E-state index in [0.29, 0.717) is 0 Å². The molecule has 1 unspecified atom stereocenters. The Bertz CT molecular complexity index is 137. The second kappa shape index (κ2) is 10.5. The minimum atomic E-state index is -0.863. The third kappa shape index (κ3) is 8.05. The Kier molecular flexibility index (Phi) is 11.9. The first-order valence-corrected chi connectivity index (χ1v) is 5.43. The first-order valence-electron chi connectivity index (χ1n) is 5.43. The summed E-state index contributed by atoms with van der Waals surface area (Å²) < 4.78 is 0. The molecule has 0 fully saturated rings. The molecule has 3 heteroatoms. The Balaban J connectivity index is 0. The molecular weight excluding hydrogens is 178 g/mol. The second-order valence-corrected chi connectivity index (χ2v) is 3.65. The topological polar surface area (TPSA) is 76.6 Å². The normalized spacial score (nSPS) is 11.9. The van der Waals surface area contributed by atoms with E-state index < -0.39 is 5.97 Å². The molecule has 0 spiro atoms. The van der Waals surface area contributed by atoms with Gasteiger partial charge in [0.25, 0.3) is 0 Å². The molecule has 0 radical (unpaired) electrons. The Morgan fingerprint density at radius 2 is 1.71 bits per heavy atom. The summed E-state index contributed by atoms with van der Waals surface area (Å²) in [6, 6.07) is 0. The van der Waals surface area contributed by atoms with E-state index >= 15 is 0 Å². The van der Waals surface area contributed by atoms with Gasteiger partial charge in [0.05, 0.1) is 0 Å². The number of hydrogen-bond donors (Lipinski definition) is 1. The molecule has 0 heterocycles. The Hall–Kier alpha value is -0.570. The molecule has 4 N–H and O–H groups in total. The van der Waals surface area contributed by atoms with Crippen molar-refractivity contribution >= 4 is 5.97 Å². The lowest BCUT2D eigenvalue weighted by Gasteiger charge is -2.16. The fraction of sp³-hybridized carbons (Fsp3) is 0.909. The largest absolute Gasteiger partial charge is 0.550 e. The molecule has 0 amide bonds. The Labute approximate surface area is 87.5 Å². The van der Waals surface area contributed by atoms with Crippen LogP contribution in [0.25, 0.3) is 0 Å². The molecule has 0 saturated heterocycles. The van der Waals surface area contributed by atoms with Crippen LogP contribution in [0.15, 0.2) is 0 Å². The van der Waals surface area contributed by atoms with Gasteiger partial charge in [-0.3, -0.25) is 0 Å². The van der Waals surface area contributed by atoms with Crippen LogP contribution in [0, 0.1) is 5.92 Å². The van der Waals surface area contributed by atoms with Crippen LogP contribution < -0.4 is 11.3 Å². The second-order valence-electron chi connectivity index (χ2n) is 3.65. The summed E-state index contributed by atoms with van der Waals surface area (Å²) in [5.74, 6) is -1.07. The predicted molar refractivity (Wildman–Crippen MR) is 58.1 cm³/mol. The summed E-state index contributed by atoms with van der Waals surface area (Å²) in [6.07, 6.45) is 7.11. The molecule has 0 aliphatic rings. The molecule has 0 saturated carbocycles. The minimum Gasteiger partial charge on any atom is -0.550 e. The van der Waals surface area contributed by atoms with Gasteiger partial charge in [-0.25, -0.2) is 0 Å². The monoisotopic (exact) mass is 203 g/mol. The molecule has 0 aromatic rings. The van der Waals surface area contributed by atoms with E-state index in [2.05, 4.69) is 6.92 Å². The Morgan fingerprint density at radius 3 is 2.14 bits per heavy atom. The third-order valence-electron chi connectivity index (χ3n) is 2.38. The molecule has 0 aliphatic carbocycles. The summed E-state index contributed by atoms with van der Waals surface area (Å²) in [5, 5.41) is 10.6. The number of carboxylic acids is 1. The SMILES string of the molecule is CCCCCCC(CCC)C(=O)[O-].[NH4+]. The lowest BCUT2D eigenvalue weighted by atomic mass is 9.96. The summed E-state index contributed by atoms with van der Waals surface area (Å²) in [6.45, 7) is 4.17. The van der Waals surface area contributed by atoms with Gasteiger partial charge < -0.3 is 16.1 Å². The highest BCUT2D eigenvalue weighted by Gasteiger charge is 2.07. The molecule has 0 aliphatic heterocycles. The summed E-state index contributed by atoms with van der Waals surface area (Å²) in [7, 11) is 0. The van der Waals surface area contributed by atoms with E-state index in [9.17, 15) is 9.90 Å². The van der Waals surface area contributed by atoms with Gasteiger partial charge in [-0.05, 0) is 18.8 Å². The Morgan fingerprint density at radius 1 is 1.07 bits per heavy atom. The van der Waals surface area contributed by atoms with Crippen molar-refractivity contribution in [2.75, 3.05) is 0 Å². The van der Waals surface area contributed by atoms with Crippen LogP contribution in [0.5, 0.6) is 0 Å².